The van der Waals surface area contributed by atoms with Crippen LogP contribution in [0.1, 0.15) is 35.4 Å². The van der Waals surface area contributed by atoms with E-state index < -0.39 is 0 Å². The second-order valence-electron chi connectivity index (χ2n) is 4.69. The van der Waals surface area contributed by atoms with Crippen LogP contribution in [-0.4, -0.2) is 33.0 Å². The summed E-state index contributed by atoms with van der Waals surface area (Å²) < 4.78 is 0. The first-order valence-electron chi connectivity index (χ1n) is 6.18. The molecule has 7 nitrogen and oxygen atoms in total. The van der Waals surface area contributed by atoms with E-state index in [2.05, 4.69) is 20.4 Å². The van der Waals surface area contributed by atoms with Crippen molar-refractivity contribution < 1.29 is 10.0 Å². The number of hydrogen-bond donors (Lipinski definition) is 3. The molecule has 1 amide bonds. The number of aryl methyl sites for hydroxylation is 1. The Kier molecular flexibility index (Phi) is 3.94. The van der Waals surface area contributed by atoms with Gasteiger partial charge in [-0.25, -0.2) is 4.98 Å². The zero-order chi connectivity index (χ0) is 13.8. The fourth-order valence-electron chi connectivity index (χ4n) is 2.31. The molecule has 0 bridgehead atoms. The largest absolute Gasteiger partial charge is 0.409 e. The van der Waals surface area contributed by atoms with Crippen LogP contribution in [-0.2, 0) is 0 Å². The molecule has 2 rings (SSSR count). The van der Waals surface area contributed by atoms with Crippen LogP contribution in [0.2, 0.25) is 0 Å². The van der Waals surface area contributed by atoms with Crippen LogP contribution >= 0.6 is 0 Å². The van der Waals surface area contributed by atoms with Crippen LogP contribution < -0.4 is 11.1 Å². The van der Waals surface area contributed by atoms with E-state index in [0.717, 1.165) is 25.0 Å². The molecule has 1 aromatic rings. The van der Waals surface area contributed by atoms with Gasteiger partial charge < -0.3 is 16.3 Å². The molecular formula is C12H17N5O2. The highest BCUT2D eigenvalue weighted by molar-refractivity contribution is 5.93. The van der Waals surface area contributed by atoms with Gasteiger partial charge in [-0.2, -0.15) is 0 Å². The molecule has 1 saturated carbocycles. The number of amides is 1. The van der Waals surface area contributed by atoms with Crippen LogP contribution in [0.25, 0.3) is 0 Å². The summed E-state index contributed by atoms with van der Waals surface area (Å²) in [5.41, 5.74) is 6.65. The van der Waals surface area contributed by atoms with E-state index in [1.807, 2.05) is 0 Å². The lowest BCUT2D eigenvalue weighted by Crippen LogP contribution is -2.42. The highest BCUT2D eigenvalue weighted by Crippen LogP contribution is 2.25. The number of nitrogens with one attached hydrogen (secondary N) is 1. The molecule has 4 N–H and O–H groups in total. The average molecular weight is 263 g/mol. The van der Waals surface area contributed by atoms with E-state index in [1.54, 1.807) is 13.1 Å². The molecule has 1 heterocycles. The quantitative estimate of drug-likeness (QED) is 0.317. The highest BCUT2D eigenvalue weighted by atomic mass is 16.4. The van der Waals surface area contributed by atoms with Crippen molar-refractivity contribution in [3.63, 3.8) is 0 Å². The Morgan fingerprint density at radius 1 is 1.47 bits per heavy atom. The van der Waals surface area contributed by atoms with Gasteiger partial charge in [0, 0.05) is 18.2 Å². The summed E-state index contributed by atoms with van der Waals surface area (Å²) in [5.74, 6) is -0.236. The van der Waals surface area contributed by atoms with E-state index in [1.165, 1.54) is 6.20 Å². The Balaban J connectivity index is 2.04. The topological polar surface area (TPSA) is 113 Å². The number of nitrogens with zero attached hydrogens (tertiary/aromatic N) is 3. The first-order valence-corrected chi connectivity index (χ1v) is 6.18. The molecule has 0 saturated heterocycles. The smallest absolute Gasteiger partial charge is 0.271 e. The molecule has 1 aromatic heterocycles. The van der Waals surface area contributed by atoms with E-state index in [9.17, 15) is 4.79 Å². The minimum atomic E-state index is -0.282. The van der Waals surface area contributed by atoms with Gasteiger partial charge in [0.1, 0.15) is 11.5 Å². The Morgan fingerprint density at radius 2 is 2.26 bits per heavy atom. The third kappa shape index (κ3) is 2.98. The number of oxime groups is 1. The fourth-order valence-corrected chi connectivity index (χ4v) is 2.31. The van der Waals surface area contributed by atoms with Gasteiger partial charge in [-0.15, -0.1) is 0 Å². The lowest BCUT2D eigenvalue weighted by atomic mass is 10.0. The number of aromatic nitrogens is 2. The molecule has 7 heteroatoms. The Hall–Kier alpha value is -2.18. The van der Waals surface area contributed by atoms with Gasteiger partial charge in [0.05, 0.1) is 11.9 Å². The van der Waals surface area contributed by atoms with Crippen LogP contribution in [0.3, 0.4) is 0 Å². The number of carbonyl (C=O) groups is 1. The molecule has 19 heavy (non-hydrogen) atoms. The Bertz CT molecular complexity index is 485. The molecule has 2 unspecified atom stereocenters. The van der Waals surface area contributed by atoms with E-state index in [0.29, 0.717) is 0 Å². The summed E-state index contributed by atoms with van der Waals surface area (Å²) in [7, 11) is 0. The number of amidine groups is 1. The summed E-state index contributed by atoms with van der Waals surface area (Å²) in [5, 5.41) is 14.6. The molecule has 0 radical (unpaired) electrons. The van der Waals surface area contributed by atoms with Gasteiger partial charge in [-0.1, -0.05) is 11.6 Å². The zero-order valence-electron chi connectivity index (χ0n) is 10.7. The molecular weight excluding hydrogens is 246 g/mol. The molecule has 0 aromatic carbocycles. The molecule has 2 atom stereocenters. The van der Waals surface area contributed by atoms with Crippen molar-refractivity contribution in [1.82, 2.24) is 15.3 Å². The third-order valence-electron chi connectivity index (χ3n) is 3.34. The van der Waals surface area contributed by atoms with Crippen molar-refractivity contribution >= 4 is 11.7 Å². The van der Waals surface area contributed by atoms with Crippen LogP contribution in [0.15, 0.2) is 17.5 Å². The Morgan fingerprint density at radius 3 is 2.89 bits per heavy atom. The van der Waals surface area contributed by atoms with Gasteiger partial charge in [0.15, 0.2) is 0 Å². The number of hydrogen-bond acceptors (Lipinski definition) is 5. The van der Waals surface area contributed by atoms with E-state index >= 15 is 0 Å². The van der Waals surface area contributed by atoms with Gasteiger partial charge in [0.25, 0.3) is 5.91 Å². The summed E-state index contributed by atoms with van der Waals surface area (Å²) >= 11 is 0. The van der Waals surface area contributed by atoms with Crippen molar-refractivity contribution in [1.29, 1.82) is 0 Å². The maximum absolute atomic E-state index is 12.0. The molecule has 1 fully saturated rings. The molecule has 1 aliphatic rings. The van der Waals surface area contributed by atoms with Crippen molar-refractivity contribution in [3.05, 3.63) is 23.8 Å². The van der Waals surface area contributed by atoms with Gasteiger partial charge >= 0.3 is 0 Å². The lowest BCUT2D eigenvalue weighted by Gasteiger charge is -2.19. The lowest BCUT2D eigenvalue weighted by molar-refractivity contribution is 0.0927. The zero-order valence-corrected chi connectivity index (χ0v) is 10.7. The van der Waals surface area contributed by atoms with Crippen molar-refractivity contribution in [2.75, 3.05) is 0 Å². The third-order valence-corrected chi connectivity index (χ3v) is 3.34. The summed E-state index contributed by atoms with van der Waals surface area (Å²) in [6, 6.07) is -0.119. The van der Waals surface area contributed by atoms with Crippen LogP contribution in [0.4, 0.5) is 0 Å². The summed E-state index contributed by atoms with van der Waals surface area (Å²) in [6.07, 6.45) is 5.54. The van der Waals surface area contributed by atoms with Gasteiger partial charge in [0.2, 0.25) is 0 Å². The predicted molar refractivity (Wildman–Crippen MR) is 68.8 cm³/mol. The summed E-state index contributed by atoms with van der Waals surface area (Å²) in [4.78, 5) is 20.1. The molecule has 1 aliphatic carbocycles. The van der Waals surface area contributed by atoms with Crippen LogP contribution in [0.5, 0.6) is 0 Å². The van der Waals surface area contributed by atoms with Crippen molar-refractivity contribution in [3.8, 4) is 0 Å². The standard InChI is InChI=1S/C12H17N5O2/c1-7-5-15-10(6-14-7)12(18)16-9-4-2-3-8(9)11(13)17-19/h5-6,8-9,19H,2-4H2,1H3,(H2,13,17)(H,16,18). The monoisotopic (exact) mass is 263 g/mol. The molecule has 0 spiro atoms. The van der Waals surface area contributed by atoms with Crippen molar-refractivity contribution in [2.45, 2.75) is 32.2 Å². The average Bonchev–Trinajstić information content (AvgIpc) is 2.86. The van der Waals surface area contributed by atoms with E-state index in [-0.39, 0.29) is 29.4 Å². The maximum Gasteiger partial charge on any atom is 0.271 e. The fraction of sp³-hybridized carbons (Fsp3) is 0.500. The minimum Gasteiger partial charge on any atom is -0.409 e. The van der Waals surface area contributed by atoms with Crippen LogP contribution in [0, 0.1) is 12.8 Å². The molecule has 0 aliphatic heterocycles. The first kappa shape index (κ1) is 13.3. The van der Waals surface area contributed by atoms with Crippen molar-refractivity contribution in [2.24, 2.45) is 16.8 Å². The SMILES string of the molecule is Cc1cnc(C(=O)NC2CCCC2C(N)=NO)cn1. The first-order chi connectivity index (χ1) is 9.11. The normalized spacial score (nSPS) is 23.3. The summed E-state index contributed by atoms with van der Waals surface area (Å²) in [6.45, 7) is 1.81. The number of carbonyl (C=O) groups excluding carboxylic acids is 1. The second kappa shape index (κ2) is 5.64. The Labute approximate surface area is 110 Å². The highest BCUT2D eigenvalue weighted by Gasteiger charge is 2.32. The second-order valence-corrected chi connectivity index (χ2v) is 4.69. The van der Waals surface area contributed by atoms with Gasteiger partial charge in [-0.05, 0) is 19.8 Å². The van der Waals surface area contributed by atoms with E-state index in [4.69, 9.17) is 10.9 Å². The van der Waals surface area contributed by atoms with Gasteiger partial charge in [-0.3, -0.25) is 9.78 Å². The molecule has 102 valence electrons. The number of rotatable bonds is 3. The minimum absolute atomic E-state index is 0.118. The predicted octanol–water partition coefficient (Wildman–Crippen LogP) is 0.430. The maximum atomic E-state index is 12.0. The number of nitrogens with two attached hydrogens (primary N) is 1.